The Bertz CT molecular complexity index is 464. The van der Waals surface area contributed by atoms with Crippen molar-refractivity contribution in [2.75, 3.05) is 0 Å². The van der Waals surface area contributed by atoms with Crippen LogP contribution >= 0.6 is 23.2 Å². The number of hydrogen-bond acceptors (Lipinski definition) is 3. The number of rotatable bonds is 5. The lowest BCUT2D eigenvalue weighted by Crippen LogP contribution is -2.44. The van der Waals surface area contributed by atoms with Crippen molar-refractivity contribution in [1.29, 1.82) is 0 Å². The zero-order valence-corrected chi connectivity index (χ0v) is 12.6. The van der Waals surface area contributed by atoms with Crippen molar-refractivity contribution < 1.29 is 9.90 Å². The van der Waals surface area contributed by atoms with Gasteiger partial charge in [-0.25, -0.2) is 0 Å². The molecule has 0 radical (unpaired) electrons. The van der Waals surface area contributed by atoms with Crippen LogP contribution in [-0.4, -0.2) is 23.1 Å². The van der Waals surface area contributed by atoms with E-state index in [1.54, 1.807) is 13.0 Å². The molecule has 0 saturated carbocycles. The van der Waals surface area contributed by atoms with E-state index in [4.69, 9.17) is 23.2 Å². The molecule has 1 rings (SSSR count). The lowest BCUT2D eigenvalue weighted by atomic mass is 10.2. The zero-order valence-electron chi connectivity index (χ0n) is 11.1. The van der Waals surface area contributed by atoms with Gasteiger partial charge in [0.15, 0.2) is 0 Å². The molecule has 1 amide bonds. The maximum Gasteiger partial charge on any atom is 0.237 e. The molecule has 0 aliphatic rings. The minimum atomic E-state index is -0.375. The van der Waals surface area contributed by atoms with E-state index in [9.17, 15) is 9.90 Å². The maximum absolute atomic E-state index is 11.7. The van der Waals surface area contributed by atoms with Gasteiger partial charge in [-0.3, -0.25) is 4.79 Å². The van der Waals surface area contributed by atoms with Crippen molar-refractivity contribution in [3.8, 4) is 5.75 Å². The Kier molecular flexibility index (Phi) is 5.91. The molecule has 0 aliphatic carbocycles. The maximum atomic E-state index is 11.7. The van der Waals surface area contributed by atoms with Crippen LogP contribution in [0.4, 0.5) is 0 Å². The summed E-state index contributed by atoms with van der Waals surface area (Å²) in [7, 11) is 0. The number of amides is 1. The molecule has 106 valence electrons. The Balaban J connectivity index is 2.64. The molecule has 3 N–H and O–H groups in total. The van der Waals surface area contributed by atoms with Crippen LogP contribution in [0.25, 0.3) is 0 Å². The molecule has 1 unspecified atom stereocenters. The predicted octanol–water partition coefficient (Wildman–Crippen LogP) is 2.70. The number of aromatic hydroxyl groups is 1. The first-order valence-electron chi connectivity index (χ1n) is 6.02. The molecule has 0 aliphatic heterocycles. The number of phenolic OH excluding ortho intramolecular Hbond substituents is 1. The van der Waals surface area contributed by atoms with E-state index in [-0.39, 0.29) is 28.8 Å². The average molecular weight is 305 g/mol. The summed E-state index contributed by atoms with van der Waals surface area (Å²) in [6.07, 6.45) is 0. The van der Waals surface area contributed by atoms with E-state index in [1.165, 1.54) is 6.07 Å². The van der Waals surface area contributed by atoms with Crippen LogP contribution in [0.1, 0.15) is 26.3 Å². The smallest absolute Gasteiger partial charge is 0.237 e. The Morgan fingerprint density at radius 1 is 1.32 bits per heavy atom. The molecule has 0 aromatic heterocycles. The molecule has 1 atom stereocenters. The van der Waals surface area contributed by atoms with Crippen molar-refractivity contribution in [1.82, 2.24) is 10.6 Å². The number of carbonyl (C=O) groups is 1. The summed E-state index contributed by atoms with van der Waals surface area (Å²) in [6.45, 7) is 5.85. The number of carbonyl (C=O) groups excluding carboxylic acids is 1. The van der Waals surface area contributed by atoms with Gasteiger partial charge in [-0.05, 0) is 32.9 Å². The molecule has 1 aromatic rings. The van der Waals surface area contributed by atoms with Crippen molar-refractivity contribution in [2.45, 2.75) is 39.4 Å². The van der Waals surface area contributed by atoms with Gasteiger partial charge in [0.1, 0.15) is 5.75 Å². The third-order valence-electron chi connectivity index (χ3n) is 2.53. The summed E-state index contributed by atoms with van der Waals surface area (Å²) in [6, 6.07) is 2.80. The average Bonchev–Trinajstić information content (AvgIpc) is 2.30. The van der Waals surface area contributed by atoms with E-state index >= 15 is 0 Å². The standard InChI is InChI=1S/C13H18Cl2N2O2/c1-7(2)17-13(19)8(3)16-6-9-4-10(14)5-11(15)12(9)18/h4-5,7-8,16,18H,6H2,1-3H3,(H,17,19). The fraction of sp³-hybridized carbons (Fsp3) is 0.462. The van der Waals surface area contributed by atoms with Gasteiger partial charge >= 0.3 is 0 Å². The first-order chi connectivity index (χ1) is 8.81. The van der Waals surface area contributed by atoms with Crippen molar-refractivity contribution >= 4 is 29.1 Å². The first kappa shape index (κ1) is 16.1. The number of phenols is 1. The fourth-order valence-electron chi connectivity index (χ4n) is 1.52. The van der Waals surface area contributed by atoms with E-state index in [2.05, 4.69) is 10.6 Å². The van der Waals surface area contributed by atoms with Crippen LogP contribution in [0, 0.1) is 0 Å². The Morgan fingerprint density at radius 3 is 2.53 bits per heavy atom. The summed E-state index contributed by atoms with van der Waals surface area (Å²) in [5.41, 5.74) is 0.557. The molecule has 0 spiro atoms. The second-order valence-electron chi connectivity index (χ2n) is 4.66. The molecule has 4 nitrogen and oxygen atoms in total. The van der Waals surface area contributed by atoms with E-state index in [0.717, 1.165) is 0 Å². The number of hydrogen-bond donors (Lipinski definition) is 3. The van der Waals surface area contributed by atoms with Crippen molar-refractivity contribution in [3.63, 3.8) is 0 Å². The highest BCUT2D eigenvalue weighted by Gasteiger charge is 2.14. The Morgan fingerprint density at radius 2 is 1.95 bits per heavy atom. The quantitative estimate of drug-likeness (QED) is 0.784. The van der Waals surface area contributed by atoms with Crippen LogP contribution in [0.5, 0.6) is 5.75 Å². The Hall–Kier alpha value is -0.970. The van der Waals surface area contributed by atoms with E-state index in [1.807, 2.05) is 13.8 Å². The SMILES string of the molecule is CC(C)NC(=O)C(C)NCc1cc(Cl)cc(Cl)c1O. The summed E-state index contributed by atoms with van der Waals surface area (Å²) in [4.78, 5) is 11.7. The van der Waals surface area contributed by atoms with Crippen molar-refractivity contribution in [3.05, 3.63) is 27.7 Å². The number of benzene rings is 1. The van der Waals surface area contributed by atoms with Crippen LogP contribution in [-0.2, 0) is 11.3 Å². The minimum Gasteiger partial charge on any atom is -0.506 e. The van der Waals surface area contributed by atoms with Crippen LogP contribution in [0.3, 0.4) is 0 Å². The molecule has 19 heavy (non-hydrogen) atoms. The molecule has 0 bridgehead atoms. The summed E-state index contributed by atoms with van der Waals surface area (Å²) < 4.78 is 0. The molecule has 0 fully saturated rings. The van der Waals surface area contributed by atoms with Crippen LogP contribution in [0.15, 0.2) is 12.1 Å². The first-order valence-corrected chi connectivity index (χ1v) is 6.77. The van der Waals surface area contributed by atoms with E-state index < -0.39 is 0 Å². The molecule has 6 heteroatoms. The monoisotopic (exact) mass is 304 g/mol. The molecule has 0 saturated heterocycles. The third-order valence-corrected chi connectivity index (χ3v) is 3.04. The molecule has 1 aromatic carbocycles. The summed E-state index contributed by atoms with van der Waals surface area (Å²) in [5.74, 6) is -0.113. The highest BCUT2D eigenvalue weighted by atomic mass is 35.5. The number of nitrogens with one attached hydrogen (secondary N) is 2. The second kappa shape index (κ2) is 6.98. The van der Waals surface area contributed by atoms with Gasteiger partial charge in [0, 0.05) is 23.2 Å². The lowest BCUT2D eigenvalue weighted by molar-refractivity contribution is -0.123. The van der Waals surface area contributed by atoms with Gasteiger partial charge < -0.3 is 15.7 Å². The normalized spacial score (nSPS) is 12.5. The highest BCUT2D eigenvalue weighted by Crippen LogP contribution is 2.30. The summed E-state index contributed by atoms with van der Waals surface area (Å²) in [5, 5.41) is 16.2. The van der Waals surface area contributed by atoms with Crippen LogP contribution in [0.2, 0.25) is 10.0 Å². The predicted molar refractivity (Wildman–Crippen MR) is 77.7 cm³/mol. The lowest BCUT2D eigenvalue weighted by Gasteiger charge is -2.16. The topological polar surface area (TPSA) is 61.4 Å². The summed E-state index contributed by atoms with van der Waals surface area (Å²) >= 11 is 11.7. The third kappa shape index (κ3) is 4.90. The van der Waals surface area contributed by atoms with Crippen LogP contribution < -0.4 is 10.6 Å². The fourth-order valence-corrected chi connectivity index (χ4v) is 2.05. The zero-order chi connectivity index (χ0) is 14.6. The van der Waals surface area contributed by atoms with Gasteiger partial charge in [-0.2, -0.15) is 0 Å². The molecular formula is C13H18Cl2N2O2. The van der Waals surface area contributed by atoms with E-state index in [0.29, 0.717) is 17.1 Å². The van der Waals surface area contributed by atoms with Gasteiger partial charge in [0.2, 0.25) is 5.91 Å². The van der Waals surface area contributed by atoms with Gasteiger partial charge in [0.05, 0.1) is 11.1 Å². The van der Waals surface area contributed by atoms with Crippen molar-refractivity contribution in [2.24, 2.45) is 0 Å². The second-order valence-corrected chi connectivity index (χ2v) is 5.50. The number of halogens is 2. The molecular weight excluding hydrogens is 287 g/mol. The largest absolute Gasteiger partial charge is 0.506 e. The van der Waals surface area contributed by atoms with Gasteiger partial charge in [-0.15, -0.1) is 0 Å². The van der Waals surface area contributed by atoms with Gasteiger partial charge in [-0.1, -0.05) is 23.2 Å². The minimum absolute atomic E-state index is 0.0185. The molecule has 0 heterocycles. The Labute approximate surface area is 123 Å². The van der Waals surface area contributed by atoms with Gasteiger partial charge in [0.25, 0.3) is 0 Å². The highest BCUT2D eigenvalue weighted by molar-refractivity contribution is 6.35.